The van der Waals surface area contributed by atoms with E-state index in [-0.39, 0.29) is 18.3 Å². The van der Waals surface area contributed by atoms with Crippen LogP contribution in [-0.2, 0) is 4.79 Å². The second-order valence-corrected chi connectivity index (χ2v) is 2.64. The molecule has 5 heteroatoms. The third-order valence-electron chi connectivity index (χ3n) is 1.74. The maximum Gasteiger partial charge on any atom is 0.198 e. The number of guanidine groups is 1. The molecule has 5 nitrogen and oxygen atoms in total. The van der Waals surface area contributed by atoms with E-state index in [2.05, 4.69) is 10.3 Å². The Bertz CT molecular complexity index is 324. The Morgan fingerprint density at radius 1 is 1.69 bits per heavy atom. The highest BCUT2D eigenvalue weighted by molar-refractivity contribution is 5.86. The van der Waals surface area contributed by atoms with Crippen molar-refractivity contribution in [2.24, 2.45) is 10.7 Å². The maximum atomic E-state index is 10.5. The van der Waals surface area contributed by atoms with Gasteiger partial charge in [0.05, 0.1) is 0 Å². The fourth-order valence-electron chi connectivity index (χ4n) is 1.17. The third-order valence-corrected chi connectivity index (χ3v) is 1.74. The normalized spacial score (nSPS) is 16.5. The monoisotopic (exact) mass is 181 g/mol. The van der Waals surface area contributed by atoms with Crippen LogP contribution < -0.4 is 11.1 Å². The van der Waals surface area contributed by atoms with E-state index in [1.807, 2.05) is 0 Å². The van der Waals surface area contributed by atoms with Crippen LogP contribution in [0.3, 0.4) is 0 Å². The van der Waals surface area contributed by atoms with Gasteiger partial charge in [-0.25, -0.2) is 9.79 Å². The van der Waals surface area contributed by atoms with Gasteiger partial charge in [0, 0.05) is 24.3 Å². The van der Waals surface area contributed by atoms with E-state index < -0.39 is 0 Å². The first kappa shape index (κ1) is 9.51. The molecule has 1 aliphatic rings. The molecule has 0 fully saturated rings. The van der Waals surface area contributed by atoms with E-state index >= 15 is 0 Å². The van der Waals surface area contributed by atoms with Crippen molar-refractivity contribution in [2.45, 2.75) is 13.3 Å². The van der Waals surface area contributed by atoms with Crippen LogP contribution in [0.2, 0.25) is 0 Å². The van der Waals surface area contributed by atoms with Crippen molar-refractivity contribution < 1.29 is 9.90 Å². The van der Waals surface area contributed by atoms with Crippen molar-refractivity contribution in [2.75, 3.05) is 6.61 Å². The molecule has 0 aliphatic carbocycles. The number of aliphatic hydroxyl groups is 1. The van der Waals surface area contributed by atoms with E-state index in [4.69, 9.17) is 10.8 Å². The second kappa shape index (κ2) is 3.89. The van der Waals surface area contributed by atoms with Gasteiger partial charge in [0.15, 0.2) is 11.9 Å². The van der Waals surface area contributed by atoms with E-state index in [1.165, 1.54) is 0 Å². The zero-order chi connectivity index (χ0) is 9.84. The highest BCUT2D eigenvalue weighted by Crippen LogP contribution is 2.18. The maximum absolute atomic E-state index is 10.5. The average Bonchev–Trinajstić information content (AvgIpc) is 2.09. The smallest absolute Gasteiger partial charge is 0.198 e. The largest absolute Gasteiger partial charge is 0.396 e. The summed E-state index contributed by atoms with van der Waals surface area (Å²) in [7, 11) is 0. The Labute approximate surface area is 75.6 Å². The zero-order valence-electron chi connectivity index (χ0n) is 7.29. The minimum Gasteiger partial charge on any atom is -0.396 e. The molecule has 0 radical (unpaired) electrons. The first-order valence-electron chi connectivity index (χ1n) is 3.86. The van der Waals surface area contributed by atoms with Crippen LogP contribution >= 0.6 is 0 Å². The molecule has 4 N–H and O–H groups in total. The van der Waals surface area contributed by atoms with Crippen molar-refractivity contribution >= 4 is 11.9 Å². The van der Waals surface area contributed by atoms with Gasteiger partial charge >= 0.3 is 0 Å². The predicted octanol–water partition coefficient (Wildman–Crippen LogP) is -0.724. The summed E-state index contributed by atoms with van der Waals surface area (Å²) in [5, 5.41) is 11.3. The minimum atomic E-state index is -0.0328. The van der Waals surface area contributed by atoms with Gasteiger partial charge in [0.25, 0.3) is 0 Å². The molecule has 0 amide bonds. The quantitative estimate of drug-likeness (QED) is 0.490. The first-order valence-corrected chi connectivity index (χ1v) is 3.86. The highest BCUT2D eigenvalue weighted by Gasteiger charge is 2.15. The summed E-state index contributed by atoms with van der Waals surface area (Å²) in [6, 6.07) is 0. The number of nitrogens with zero attached hydrogens (tertiary/aromatic N) is 1. The lowest BCUT2D eigenvalue weighted by Crippen LogP contribution is -2.35. The zero-order valence-corrected chi connectivity index (χ0v) is 7.29. The number of hydrogen-bond donors (Lipinski definition) is 3. The molecule has 0 atom stereocenters. The van der Waals surface area contributed by atoms with Gasteiger partial charge in [-0.1, -0.05) is 0 Å². The number of hydrogen-bond acceptors (Lipinski definition) is 5. The summed E-state index contributed by atoms with van der Waals surface area (Å²) in [4.78, 5) is 14.4. The third kappa shape index (κ3) is 1.96. The summed E-state index contributed by atoms with van der Waals surface area (Å²) in [5.41, 5.74) is 6.96. The molecule has 1 aliphatic heterocycles. The van der Waals surface area contributed by atoms with Crippen LogP contribution in [0.5, 0.6) is 0 Å². The Morgan fingerprint density at radius 3 is 2.92 bits per heavy atom. The van der Waals surface area contributed by atoms with Gasteiger partial charge in [0.1, 0.15) is 5.70 Å². The Kier molecular flexibility index (Phi) is 2.84. The molecule has 0 aromatic heterocycles. The van der Waals surface area contributed by atoms with Crippen LogP contribution in [0, 0.1) is 0 Å². The Morgan fingerprint density at radius 2 is 2.38 bits per heavy atom. The topological polar surface area (TPSA) is 87.7 Å². The van der Waals surface area contributed by atoms with Gasteiger partial charge < -0.3 is 16.2 Å². The summed E-state index contributed by atoms with van der Waals surface area (Å²) in [6.45, 7) is 1.70. The van der Waals surface area contributed by atoms with Crippen LogP contribution in [0.4, 0.5) is 0 Å². The van der Waals surface area contributed by atoms with Gasteiger partial charge in [-0.2, -0.15) is 0 Å². The fourth-order valence-corrected chi connectivity index (χ4v) is 1.17. The number of carbonyl (C=O) groups excluding carboxylic acids is 1. The Balaban J connectivity index is 3.07. The lowest BCUT2D eigenvalue weighted by atomic mass is 10.1. The number of allylic oxidation sites excluding steroid dienone is 2. The van der Waals surface area contributed by atoms with Gasteiger partial charge in [-0.3, -0.25) is 0 Å². The van der Waals surface area contributed by atoms with Crippen molar-refractivity contribution in [1.82, 2.24) is 5.32 Å². The summed E-state index contributed by atoms with van der Waals surface area (Å²) in [5.74, 6) is 1.90. The standard InChI is InChI=1S/C8H11N3O2/c1-5-6(2-3-12)7(4-13)11-8(9)10-5/h12H,2-3H2,1H3,(H3,9,10,11). The van der Waals surface area contributed by atoms with Crippen molar-refractivity contribution in [3.63, 3.8) is 0 Å². The van der Waals surface area contributed by atoms with Gasteiger partial charge in [-0.05, 0) is 6.92 Å². The van der Waals surface area contributed by atoms with E-state index in [1.54, 1.807) is 12.9 Å². The molecular formula is C8H11N3O2. The average molecular weight is 181 g/mol. The number of nitrogens with two attached hydrogens (primary N) is 1. The second-order valence-electron chi connectivity index (χ2n) is 2.64. The minimum absolute atomic E-state index is 0.0328. The number of nitrogens with one attached hydrogen (secondary N) is 1. The van der Waals surface area contributed by atoms with E-state index in [0.717, 1.165) is 0 Å². The molecule has 0 bridgehead atoms. The molecule has 13 heavy (non-hydrogen) atoms. The molecular weight excluding hydrogens is 170 g/mol. The van der Waals surface area contributed by atoms with Crippen LogP contribution in [0.15, 0.2) is 22.0 Å². The molecule has 0 spiro atoms. The predicted molar refractivity (Wildman–Crippen MR) is 48.4 cm³/mol. The fraction of sp³-hybridized carbons (Fsp3) is 0.375. The van der Waals surface area contributed by atoms with Crippen molar-refractivity contribution in [1.29, 1.82) is 0 Å². The lowest BCUT2D eigenvalue weighted by molar-refractivity contribution is 0.299. The molecule has 0 aromatic rings. The molecule has 1 heterocycles. The van der Waals surface area contributed by atoms with Gasteiger partial charge in [-0.15, -0.1) is 0 Å². The molecule has 1 rings (SSSR count). The summed E-state index contributed by atoms with van der Waals surface area (Å²) >= 11 is 0. The first-order chi connectivity index (χ1) is 6.19. The molecule has 0 saturated carbocycles. The summed E-state index contributed by atoms with van der Waals surface area (Å²) < 4.78 is 0. The SMILES string of the molecule is CC1=C(CCO)C(=C=O)NC(N)=N1. The molecule has 0 aromatic carbocycles. The van der Waals surface area contributed by atoms with Crippen LogP contribution in [0.25, 0.3) is 0 Å². The van der Waals surface area contributed by atoms with E-state index in [0.29, 0.717) is 17.7 Å². The number of rotatable bonds is 2. The lowest BCUT2D eigenvalue weighted by Gasteiger charge is -2.16. The van der Waals surface area contributed by atoms with Crippen LogP contribution in [-0.4, -0.2) is 23.6 Å². The number of aliphatic hydroxyl groups excluding tert-OH is 1. The summed E-state index contributed by atoms with van der Waals surface area (Å²) in [6.07, 6.45) is 0.375. The highest BCUT2D eigenvalue weighted by atomic mass is 16.3. The molecule has 0 saturated heterocycles. The van der Waals surface area contributed by atoms with Crippen molar-refractivity contribution in [3.05, 3.63) is 17.0 Å². The van der Waals surface area contributed by atoms with E-state index in [9.17, 15) is 4.79 Å². The number of aliphatic imine (C=N–C) groups is 1. The Hall–Kier alpha value is -1.58. The van der Waals surface area contributed by atoms with Gasteiger partial charge in [0.2, 0.25) is 0 Å². The van der Waals surface area contributed by atoms with Crippen LogP contribution in [0.1, 0.15) is 13.3 Å². The molecule has 70 valence electrons. The molecule has 0 unspecified atom stereocenters. The van der Waals surface area contributed by atoms with Crippen molar-refractivity contribution in [3.8, 4) is 0 Å².